The van der Waals surface area contributed by atoms with Gasteiger partial charge >= 0.3 is 5.69 Å². The number of rotatable bonds is 4. The zero-order valence-electron chi connectivity index (χ0n) is 12.2. The topological polar surface area (TPSA) is 39.8 Å². The summed E-state index contributed by atoms with van der Waals surface area (Å²) in [7, 11) is 0. The lowest BCUT2D eigenvalue weighted by atomic mass is 10.2. The standard InChI is InChI=1S/C18H17N3O/c22-18-20(13-14-7-3-1-4-8-14)19-17(15-11-12-15)21(18)16-9-5-2-6-10-16/h1-10,15H,11-13H2. The Balaban J connectivity index is 1.80. The molecule has 1 aliphatic carbocycles. The van der Waals surface area contributed by atoms with Crippen molar-refractivity contribution in [2.24, 2.45) is 0 Å². The predicted octanol–water partition coefficient (Wildman–Crippen LogP) is 2.96. The molecule has 1 aliphatic rings. The maximum atomic E-state index is 12.8. The first kappa shape index (κ1) is 13.1. The minimum atomic E-state index is -0.0584. The van der Waals surface area contributed by atoms with Crippen LogP contribution >= 0.6 is 0 Å². The van der Waals surface area contributed by atoms with E-state index in [1.54, 1.807) is 9.25 Å². The van der Waals surface area contributed by atoms with Crippen LogP contribution in [0.1, 0.15) is 30.1 Å². The van der Waals surface area contributed by atoms with E-state index in [4.69, 9.17) is 0 Å². The maximum absolute atomic E-state index is 12.8. The van der Waals surface area contributed by atoms with E-state index in [0.717, 1.165) is 29.9 Å². The lowest BCUT2D eigenvalue weighted by Gasteiger charge is -2.03. The van der Waals surface area contributed by atoms with Crippen LogP contribution in [0.4, 0.5) is 0 Å². The number of nitrogens with zero attached hydrogens (tertiary/aromatic N) is 3. The number of para-hydroxylation sites is 1. The average Bonchev–Trinajstić information content (AvgIpc) is 3.35. The fraction of sp³-hybridized carbons (Fsp3) is 0.222. The third-order valence-corrected chi connectivity index (χ3v) is 4.00. The molecule has 110 valence electrons. The highest BCUT2D eigenvalue weighted by molar-refractivity contribution is 5.33. The highest BCUT2D eigenvalue weighted by Gasteiger charge is 2.31. The lowest BCUT2D eigenvalue weighted by molar-refractivity contribution is 0.648. The summed E-state index contributed by atoms with van der Waals surface area (Å²) in [4.78, 5) is 12.8. The lowest BCUT2D eigenvalue weighted by Crippen LogP contribution is -2.24. The molecule has 0 radical (unpaired) electrons. The Morgan fingerprint density at radius 2 is 1.59 bits per heavy atom. The predicted molar refractivity (Wildman–Crippen MR) is 85.3 cm³/mol. The summed E-state index contributed by atoms with van der Waals surface area (Å²) >= 11 is 0. The molecule has 0 spiro atoms. The summed E-state index contributed by atoms with van der Waals surface area (Å²) in [5.74, 6) is 1.32. The summed E-state index contributed by atoms with van der Waals surface area (Å²) in [6, 6.07) is 19.8. The van der Waals surface area contributed by atoms with Crippen molar-refractivity contribution in [2.75, 3.05) is 0 Å². The summed E-state index contributed by atoms with van der Waals surface area (Å²) < 4.78 is 3.34. The third-order valence-electron chi connectivity index (χ3n) is 4.00. The van der Waals surface area contributed by atoms with Gasteiger partial charge in [0, 0.05) is 5.92 Å². The Morgan fingerprint density at radius 1 is 0.955 bits per heavy atom. The fourth-order valence-corrected chi connectivity index (χ4v) is 2.71. The van der Waals surface area contributed by atoms with E-state index in [1.165, 1.54) is 0 Å². The van der Waals surface area contributed by atoms with Crippen molar-refractivity contribution in [3.63, 3.8) is 0 Å². The number of benzene rings is 2. The van der Waals surface area contributed by atoms with Crippen LogP contribution < -0.4 is 5.69 Å². The summed E-state index contributed by atoms with van der Waals surface area (Å²) in [6.07, 6.45) is 2.24. The van der Waals surface area contributed by atoms with E-state index in [1.807, 2.05) is 60.7 Å². The molecule has 4 nitrogen and oxygen atoms in total. The Morgan fingerprint density at radius 3 is 2.23 bits per heavy atom. The summed E-state index contributed by atoms with van der Waals surface area (Å²) in [5.41, 5.74) is 1.93. The fourth-order valence-electron chi connectivity index (χ4n) is 2.71. The first-order valence-corrected chi connectivity index (χ1v) is 7.62. The molecule has 0 amide bonds. The van der Waals surface area contributed by atoms with Crippen LogP contribution in [0.3, 0.4) is 0 Å². The van der Waals surface area contributed by atoms with Crippen molar-refractivity contribution in [3.8, 4) is 5.69 Å². The van der Waals surface area contributed by atoms with E-state index in [9.17, 15) is 4.79 Å². The molecule has 2 aromatic carbocycles. The van der Waals surface area contributed by atoms with Gasteiger partial charge in [-0.25, -0.2) is 14.0 Å². The molecule has 1 aromatic heterocycles. The Hall–Kier alpha value is -2.62. The largest absolute Gasteiger partial charge is 0.350 e. The zero-order valence-corrected chi connectivity index (χ0v) is 12.2. The van der Waals surface area contributed by atoms with Crippen molar-refractivity contribution in [1.82, 2.24) is 14.3 Å². The molecule has 4 rings (SSSR count). The Kier molecular flexibility index (Phi) is 3.15. The van der Waals surface area contributed by atoms with Crippen LogP contribution in [0.25, 0.3) is 5.69 Å². The molecule has 0 unspecified atom stereocenters. The van der Waals surface area contributed by atoms with Gasteiger partial charge in [-0.15, -0.1) is 0 Å². The molecule has 1 heterocycles. The molecule has 4 heteroatoms. The van der Waals surface area contributed by atoms with Gasteiger partial charge in [-0.2, -0.15) is 5.10 Å². The van der Waals surface area contributed by atoms with Gasteiger partial charge in [-0.1, -0.05) is 48.5 Å². The van der Waals surface area contributed by atoms with Crippen LogP contribution in [0.2, 0.25) is 0 Å². The molecule has 22 heavy (non-hydrogen) atoms. The maximum Gasteiger partial charge on any atom is 0.350 e. The highest BCUT2D eigenvalue weighted by Crippen LogP contribution is 2.39. The zero-order chi connectivity index (χ0) is 14.9. The van der Waals surface area contributed by atoms with Gasteiger partial charge in [0.05, 0.1) is 12.2 Å². The second-order valence-corrected chi connectivity index (χ2v) is 5.73. The van der Waals surface area contributed by atoms with Crippen LogP contribution in [0, 0.1) is 0 Å². The van der Waals surface area contributed by atoms with E-state index in [0.29, 0.717) is 12.5 Å². The molecule has 0 bridgehead atoms. The van der Waals surface area contributed by atoms with Gasteiger partial charge in [-0.3, -0.25) is 0 Å². The van der Waals surface area contributed by atoms with Crippen molar-refractivity contribution < 1.29 is 0 Å². The second-order valence-electron chi connectivity index (χ2n) is 5.73. The quantitative estimate of drug-likeness (QED) is 0.741. The summed E-state index contributed by atoms with van der Waals surface area (Å²) in [6.45, 7) is 0.513. The number of hydrogen-bond acceptors (Lipinski definition) is 2. The SMILES string of the molecule is O=c1n(Cc2ccccc2)nc(C2CC2)n1-c1ccccc1. The summed E-state index contributed by atoms with van der Waals surface area (Å²) in [5, 5.41) is 4.61. The van der Waals surface area contributed by atoms with E-state index < -0.39 is 0 Å². The van der Waals surface area contributed by atoms with Gasteiger partial charge in [0.2, 0.25) is 0 Å². The average molecular weight is 291 g/mol. The molecule has 0 aliphatic heterocycles. The molecule has 0 atom stereocenters. The van der Waals surface area contributed by atoms with Gasteiger partial charge in [-0.05, 0) is 30.5 Å². The van der Waals surface area contributed by atoms with E-state index >= 15 is 0 Å². The molecule has 0 saturated heterocycles. The molecule has 1 saturated carbocycles. The molecular weight excluding hydrogens is 274 g/mol. The van der Waals surface area contributed by atoms with Gasteiger partial charge in [0.1, 0.15) is 5.82 Å². The van der Waals surface area contributed by atoms with Crippen LogP contribution in [0.5, 0.6) is 0 Å². The van der Waals surface area contributed by atoms with Crippen molar-refractivity contribution in [2.45, 2.75) is 25.3 Å². The molecule has 3 aromatic rings. The van der Waals surface area contributed by atoms with Gasteiger partial charge in [0.15, 0.2) is 0 Å². The van der Waals surface area contributed by atoms with Gasteiger partial charge < -0.3 is 0 Å². The van der Waals surface area contributed by atoms with Crippen molar-refractivity contribution in [3.05, 3.63) is 82.5 Å². The molecule has 0 N–H and O–H groups in total. The van der Waals surface area contributed by atoms with Crippen molar-refractivity contribution >= 4 is 0 Å². The van der Waals surface area contributed by atoms with Crippen LogP contribution in [-0.2, 0) is 6.54 Å². The molecular formula is C18H17N3O. The minimum absolute atomic E-state index is 0.0584. The number of hydrogen-bond donors (Lipinski definition) is 0. The smallest absolute Gasteiger partial charge is 0.247 e. The Bertz CT molecular complexity index is 830. The van der Waals surface area contributed by atoms with E-state index in [2.05, 4.69) is 5.10 Å². The highest BCUT2D eigenvalue weighted by atomic mass is 16.2. The third kappa shape index (κ3) is 2.37. The Labute approximate surface area is 128 Å². The van der Waals surface area contributed by atoms with Crippen LogP contribution in [-0.4, -0.2) is 14.3 Å². The normalized spacial score (nSPS) is 14.2. The minimum Gasteiger partial charge on any atom is -0.247 e. The number of aromatic nitrogens is 3. The van der Waals surface area contributed by atoms with Gasteiger partial charge in [0.25, 0.3) is 0 Å². The first-order chi connectivity index (χ1) is 10.8. The van der Waals surface area contributed by atoms with Crippen LogP contribution in [0.15, 0.2) is 65.5 Å². The first-order valence-electron chi connectivity index (χ1n) is 7.62. The molecule has 1 fully saturated rings. The van der Waals surface area contributed by atoms with E-state index in [-0.39, 0.29) is 5.69 Å². The van der Waals surface area contributed by atoms with Crippen molar-refractivity contribution in [1.29, 1.82) is 0 Å². The monoisotopic (exact) mass is 291 g/mol. The second kappa shape index (κ2) is 5.30.